The SMILES string of the molecule is COCO/C(=C/CCC(C(=O)OC)C(=O)OC)CCC(=O)OC. The molecule has 23 heavy (non-hydrogen) atoms. The van der Waals surface area contributed by atoms with Crippen LogP contribution in [0.1, 0.15) is 25.7 Å². The molecule has 0 spiro atoms. The topological polar surface area (TPSA) is 97.4 Å². The van der Waals surface area contributed by atoms with Gasteiger partial charge in [-0.1, -0.05) is 0 Å². The first-order chi connectivity index (χ1) is 11.0. The molecule has 0 rings (SSSR count). The van der Waals surface area contributed by atoms with Crippen molar-refractivity contribution in [1.82, 2.24) is 0 Å². The number of carbonyl (C=O) groups excluding carboxylic acids is 3. The van der Waals surface area contributed by atoms with Gasteiger partial charge in [0.2, 0.25) is 0 Å². The third-order valence-electron chi connectivity index (χ3n) is 2.96. The number of allylic oxidation sites excluding steroid dienone is 2. The van der Waals surface area contributed by atoms with Crippen LogP contribution in [-0.2, 0) is 38.1 Å². The molecule has 8 nitrogen and oxygen atoms in total. The smallest absolute Gasteiger partial charge is 0.320 e. The standard InChI is InChI=1S/C15H24O8/c1-19-10-23-11(8-9-13(16)20-2)6-5-7-12(14(17)21-3)15(18)22-4/h6,12H,5,7-10H2,1-4H3/b11-6+. The van der Waals surface area contributed by atoms with Crippen molar-refractivity contribution in [1.29, 1.82) is 0 Å². The van der Waals surface area contributed by atoms with Crippen molar-refractivity contribution >= 4 is 17.9 Å². The van der Waals surface area contributed by atoms with E-state index < -0.39 is 17.9 Å². The molecule has 0 unspecified atom stereocenters. The van der Waals surface area contributed by atoms with E-state index in [-0.39, 0.29) is 25.6 Å². The van der Waals surface area contributed by atoms with E-state index in [9.17, 15) is 14.4 Å². The van der Waals surface area contributed by atoms with Gasteiger partial charge in [-0.2, -0.15) is 0 Å². The molecule has 0 aliphatic carbocycles. The lowest BCUT2D eigenvalue weighted by Gasteiger charge is -2.12. The number of ether oxygens (including phenoxy) is 5. The number of rotatable bonds is 11. The van der Waals surface area contributed by atoms with E-state index in [1.807, 2.05) is 0 Å². The molecule has 0 fully saturated rings. The lowest BCUT2D eigenvalue weighted by atomic mass is 10.0. The van der Waals surface area contributed by atoms with Crippen molar-refractivity contribution < 1.29 is 38.1 Å². The number of methoxy groups -OCH3 is 4. The molecule has 0 aromatic carbocycles. The first-order valence-corrected chi connectivity index (χ1v) is 7.03. The van der Waals surface area contributed by atoms with Crippen LogP contribution in [0.25, 0.3) is 0 Å². The lowest BCUT2D eigenvalue weighted by molar-refractivity contribution is -0.159. The molecule has 0 heterocycles. The van der Waals surface area contributed by atoms with Crippen LogP contribution in [0.2, 0.25) is 0 Å². The van der Waals surface area contributed by atoms with Gasteiger partial charge >= 0.3 is 17.9 Å². The highest BCUT2D eigenvalue weighted by Gasteiger charge is 2.27. The van der Waals surface area contributed by atoms with E-state index in [2.05, 4.69) is 14.2 Å². The summed E-state index contributed by atoms with van der Waals surface area (Å²) in [6.07, 6.45) is 2.76. The van der Waals surface area contributed by atoms with Gasteiger partial charge in [-0.3, -0.25) is 14.4 Å². The molecule has 0 aliphatic heterocycles. The molecular formula is C15H24O8. The lowest BCUT2D eigenvalue weighted by Crippen LogP contribution is -2.26. The van der Waals surface area contributed by atoms with Crippen LogP contribution in [0.3, 0.4) is 0 Å². The molecule has 132 valence electrons. The zero-order chi connectivity index (χ0) is 17.7. The van der Waals surface area contributed by atoms with Crippen LogP contribution in [0.15, 0.2) is 11.8 Å². The fraction of sp³-hybridized carbons (Fsp3) is 0.667. The molecule has 0 bridgehead atoms. The average molecular weight is 332 g/mol. The maximum atomic E-state index is 11.6. The highest BCUT2D eigenvalue weighted by molar-refractivity contribution is 5.94. The molecule has 8 heteroatoms. The Morgan fingerprint density at radius 2 is 1.52 bits per heavy atom. The minimum atomic E-state index is -0.995. The highest BCUT2D eigenvalue weighted by atomic mass is 16.7. The molecule has 0 atom stereocenters. The predicted molar refractivity (Wildman–Crippen MR) is 79.1 cm³/mol. The van der Waals surface area contributed by atoms with Crippen molar-refractivity contribution in [3.8, 4) is 0 Å². The summed E-state index contributed by atoms with van der Waals surface area (Å²) in [5.41, 5.74) is 0. The van der Waals surface area contributed by atoms with Crippen molar-refractivity contribution in [3.63, 3.8) is 0 Å². The summed E-state index contributed by atoms with van der Waals surface area (Å²) in [5.74, 6) is -2.14. The van der Waals surface area contributed by atoms with Gasteiger partial charge in [0, 0.05) is 13.5 Å². The zero-order valence-electron chi connectivity index (χ0n) is 14.0. The van der Waals surface area contributed by atoms with E-state index in [1.165, 1.54) is 28.4 Å². The van der Waals surface area contributed by atoms with Gasteiger partial charge in [-0.05, 0) is 18.9 Å². The van der Waals surface area contributed by atoms with E-state index in [0.29, 0.717) is 18.6 Å². The zero-order valence-corrected chi connectivity index (χ0v) is 14.0. The van der Waals surface area contributed by atoms with Gasteiger partial charge in [0.25, 0.3) is 0 Å². The summed E-state index contributed by atoms with van der Waals surface area (Å²) in [7, 11) is 5.19. The average Bonchev–Trinajstić information content (AvgIpc) is 2.58. The summed E-state index contributed by atoms with van der Waals surface area (Å²) in [4.78, 5) is 34.3. The molecule has 0 saturated carbocycles. The van der Waals surface area contributed by atoms with E-state index >= 15 is 0 Å². The Kier molecular flexibility index (Phi) is 11.3. The molecule has 0 amide bonds. The molecule has 0 aliphatic rings. The molecule has 0 aromatic heterocycles. The predicted octanol–water partition coefficient (Wildman–Crippen LogP) is 1.19. The molecule has 0 N–H and O–H groups in total. The summed E-state index contributed by atoms with van der Waals surface area (Å²) < 4.78 is 23.9. The Bertz CT molecular complexity index is 400. The first-order valence-electron chi connectivity index (χ1n) is 7.03. The van der Waals surface area contributed by atoms with Crippen molar-refractivity contribution in [2.24, 2.45) is 5.92 Å². The van der Waals surface area contributed by atoms with Crippen LogP contribution in [0, 0.1) is 5.92 Å². The Balaban J connectivity index is 4.67. The molecule has 0 aromatic rings. The highest BCUT2D eigenvalue weighted by Crippen LogP contribution is 2.15. The fourth-order valence-corrected chi connectivity index (χ4v) is 1.72. The van der Waals surface area contributed by atoms with Gasteiger partial charge in [0.15, 0.2) is 12.7 Å². The minimum Gasteiger partial charge on any atom is -0.472 e. The summed E-state index contributed by atoms with van der Waals surface area (Å²) in [5, 5.41) is 0. The van der Waals surface area contributed by atoms with Crippen LogP contribution in [0.4, 0.5) is 0 Å². The second kappa shape index (κ2) is 12.5. The van der Waals surface area contributed by atoms with E-state index in [4.69, 9.17) is 9.47 Å². The second-order valence-corrected chi connectivity index (χ2v) is 4.47. The fourth-order valence-electron chi connectivity index (χ4n) is 1.72. The maximum Gasteiger partial charge on any atom is 0.320 e. The number of carbonyl (C=O) groups is 3. The summed E-state index contributed by atoms with van der Waals surface area (Å²) in [6.45, 7) is 0.0322. The minimum absolute atomic E-state index is 0.0322. The van der Waals surface area contributed by atoms with Crippen LogP contribution in [0.5, 0.6) is 0 Å². The van der Waals surface area contributed by atoms with Crippen LogP contribution in [-0.4, -0.2) is 53.1 Å². The van der Waals surface area contributed by atoms with Crippen molar-refractivity contribution in [2.75, 3.05) is 35.2 Å². The first kappa shape index (κ1) is 20.9. The normalized spacial score (nSPS) is 11.1. The van der Waals surface area contributed by atoms with Gasteiger partial charge in [0.1, 0.15) is 0 Å². The molecule has 0 radical (unpaired) electrons. The Morgan fingerprint density at radius 3 is 2.00 bits per heavy atom. The van der Waals surface area contributed by atoms with Gasteiger partial charge < -0.3 is 23.7 Å². The quantitative estimate of drug-likeness (QED) is 0.183. The van der Waals surface area contributed by atoms with Crippen LogP contribution >= 0.6 is 0 Å². The summed E-state index contributed by atoms with van der Waals surface area (Å²) >= 11 is 0. The van der Waals surface area contributed by atoms with Gasteiger partial charge in [-0.15, -0.1) is 0 Å². The Hall–Kier alpha value is -2.09. The second-order valence-electron chi connectivity index (χ2n) is 4.47. The number of hydrogen-bond acceptors (Lipinski definition) is 8. The number of hydrogen-bond donors (Lipinski definition) is 0. The van der Waals surface area contributed by atoms with Crippen LogP contribution < -0.4 is 0 Å². The van der Waals surface area contributed by atoms with Crippen molar-refractivity contribution in [3.05, 3.63) is 11.8 Å². The monoisotopic (exact) mass is 332 g/mol. The van der Waals surface area contributed by atoms with E-state index in [0.717, 1.165) is 0 Å². The van der Waals surface area contributed by atoms with Crippen molar-refractivity contribution in [2.45, 2.75) is 25.7 Å². The Morgan fingerprint density at radius 1 is 0.913 bits per heavy atom. The molecular weight excluding hydrogens is 308 g/mol. The van der Waals surface area contributed by atoms with Gasteiger partial charge in [0.05, 0.1) is 33.5 Å². The summed E-state index contributed by atoms with van der Waals surface area (Å²) in [6, 6.07) is 0. The third-order valence-corrected chi connectivity index (χ3v) is 2.96. The van der Waals surface area contributed by atoms with Gasteiger partial charge in [-0.25, -0.2) is 0 Å². The third kappa shape index (κ3) is 8.82. The largest absolute Gasteiger partial charge is 0.472 e. The van der Waals surface area contributed by atoms with E-state index in [1.54, 1.807) is 6.08 Å². The molecule has 0 saturated heterocycles. The number of esters is 3. The Labute approximate surface area is 135 Å². The maximum absolute atomic E-state index is 11.6.